The van der Waals surface area contributed by atoms with Crippen LogP contribution in [0.25, 0.3) is 0 Å². The molecule has 3 aromatic rings. The van der Waals surface area contributed by atoms with Gasteiger partial charge in [-0.2, -0.15) is 0 Å². The minimum absolute atomic E-state index is 0.177. The summed E-state index contributed by atoms with van der Waals surface area (Å²) in [6.45, 7) is 0. The summed E-state index contributed by atoms with van der Waals surface area (Å²) in [4.78, 5) is 42.2. The van der Waals surface area contributed by atoms with Crippen LogP contribution in [0.1, 0.15) is 37.4 Å². The van der Waals surface area contributed by atoms with E-state index in [4.69, 9.17) is 0 Å². The number of ketones is 2. The van der Waals surface area contributed by atoms with Gasteiger partial charge in [0.15, 0.2) is 11.6 Å². The molecule has 1 amide bonds. The fourth-order valence-corrected chi connectivity index (χ4v) is 3.50. The average Bonchev–Trinajstić information content (AvgIpc) is 3.01. The van der Waals surface area contributed by atoms with Crippen molar-refractivity contribution in [3.63, 3.8) is 0 Å². The Morgan fingerprint density at radius 2 is 1.22 bits per heavy atom. The third-order valence-electron chi connectivity index (χ3n) is 4.80. The van der Waals surface area contributed by atoms with Crippen molar-refractivity contribution >= 4 is 34.6 Å². The van der Waals surface area contributed by atoms with Gasteiger partial charge < -0.3 is 5.32 Å². The van der Waals surface area contributed by atoms with E-state index in [0.717, 1.165) is 0 Å². The van der Waals surface area contributed by atoms with Gasteiger partial charge in [0, 0.05) is 27.8 Å². The Balaban J connectivity index is 1.63. The molecule has 0 aromatic heterocycles. The van der Waals surface area contributed by atoms with E-state index >= 15 is 0 Å². The molecule has 27 heavy (non-hydrogen) atoms. The molecule has 0 radical (unpaired) electrons. The van der Waals surface area contributed by atoms with E-state index in [0.29, 0.717) is 44.9 Å². The predicted octanol–water partition coefficient (Wildman–Crippen LogP) is 3.53. The second-order valence-electron chi connectivity index (χ2n) is 6.39. The van der Waals surface area contributed by atoms with E-state index in [9.17, 15) is 14.4 Å². The highest BCUT2D eigenvalue weighted by Crippen LogP contribution is 2.31. The fourth-order valence-electron chi connectivity index (χ4n) is 3.50. The Morgan fingerprint density at radius 1 is 0.630 bits per heavy atom. The van der Waals surface area contributed by atoms with Crippen LogP contribution in [0, 0.1) is 0 Å². The molecule has 128 valence electrons. The van der Waals surface area contributed by atoms with Gasteiger partial charge in [0.2, 0.25) is 0 Å². The summed E-state index contributed by atoms with van der Waals surface area (Å²) in [5.74, 6) is -0.677. The molecule has 3 aromatic carbocycles. The summed E-state index contributed by atoms with van der Waals surface area (Å²) >= 11 is 0. The van der Waals surface area contributed by atoms with Crippen LogP contribution in [0.3, 0.4) is 0 Å². The zero-order valence-corrected chi connectivity index (χ0v) is 14.0. The van der Waals surface area contributed by atoms with Crippen LogP contribution in [0.5, 0.6) is 0 Å². The lowest BCUT2D eigenvalue weighted by Crippen LogP contribution is -2.20. The van der Waals surface area contributed by atoms with Gasteiger partial charge in [-0.25, -0.2) is 4.99 Å². The van der Waals surface area contributed by atoms with E-state index in [1.54, 1.807) is 42.5 Å². The first-order valence-corrected chi connectivity index (χ1v) is 8.45. The molecule has 5 nitrogen and oxygen atoms in total. The van der Waals surface area contributed by atoms with E-state index in [1.165, 1.54) is 0 Å². The first kappa shape index (κ1) is 15.4. The molecule has 0 saturated carbocycles. The van der Waals surface area contributed by atoms with Gasteiger partial charge in [-0.3, -0.25) is 14.4 Å². The molecular weight excluding hydrogens is 340 g/mol. The van der Waals surface area contributed by atoms with Crippen molar-refractivity contribution in [3.05, 3.63) is 94.5 Å². The molecule has 1 aliphatic heterocycles. The van der Waals surface area contributed by atoms with Crippen molar-refractivity contribution in [1.29, 1.82) is 0 Å². The van der Waals surface area contributed by atoms with Crippen LogP contribution in [-0.4, -0.2) is 23.2 Å². The molecule has 5 heteroatoms. The van der Waals surface area contributed by atoms with Crippen LogP contribution in [-0.2, 0) is 4.79 Å². The lowest BCUT2D eigenvalue weighted by Gasteiger charge is -2.17. The maximum Gasteiger partial charge on any atom is 0.275 e. The highest BCUT2D eigenvalue weighted by molar-refractivity contribution is 6.54. The molecule has 1 aliphatic carbocycles. The van der Waals surface area contributed by atoms with Crippen LogP contribution < -0.4 is 5.32 Å². The molecule has 1 N–H and O–H groups in total. The predicted molar refractivity (Wildman–Crippen MR) is 101 cm³/mol. The summed E-state index contributed by atoms with van der Waals surface area (Å²) in [5.41, 5.74) is 3.65. The topological polar surface area (TPSA) is 75.6 Å². The molecule has 5 rings (SSSR count). The minimum Gasteiger partial charge on any atom is -0.320 e. The van der Waals surface area contributed by atoms with Crippen LogP contribution in [0.2, 0.25) is 0 Å². The molecular formula is C22H12N2O3. The van der Waals surface area contributed by atoms with Gasteiger partial charge in [-0.1, -0.05) is 42.5 Å². The van der Waals surface area contributed by atoms with E-state index in [2.05, 4.69) is 10.3 Å². The highest BCUT2D eigenvalue weighted by Gasteiger charge is 2.30. The monoisotopic (exact) mass is 352 g/mol. The molecule has 1 heterocycles. The Kier molecular flexibility index (Phi) is 3.18. The van der Waals surface area contributed by atoms with Gasteiger partial charge >= 0.3 is 0 Å². The van der Waals surface area contributed by atoms with Crippen molar-refractivity contribution in [3.8, 4) is 0 Å². The Bertz CT molecular complexity index is 1210. The van der Waals surface area contributed by atoms with Gasteiger partial charge in [0.1, 0.15) is 5.71 Å². The lowest BCUT2D eigenvalue weighted by molar-refractivity contribution is -0.110. The quantitative estimate of drug-likeness (QED) is 0.569. The number of para-hydroxylation sites is 1. The van der Waals surface area contributed by atoms with E-state index < -0.39 is 0 Å². The maximum absolute atomic E-state index is 12.8. The van der Waals surface area contributed by atoms with Crippen LogP contribution in [0.4, 0.5) is 11.4 Å². The van der Waals surface area contributed by atoms with E-state index in [-0.39, 0.29) is 17.5 Å². The molecule has 0 saturated heterocycles. The summed E-state index contributed by atoms with van der Waals surface area (Å²) in [7, 11) is 0. The number of benzene rings is 3. The number of rotatable bonds is 1. The number of fused-ring (bicyclic) bond motifs is 3. The number of anilines is 1. The highest BCUT2D eigenvalue weighted by atomic mass is 16.2. The number of hydrogen-bond donors (Lipinski definition) is 1. The summed E-state index contributed by atoms with van der Waals surface area (Å²) in [6.07, 6.45) is 0. The third kappa shape index (κ3) is 2.25. The summed E-state index contributed by atoms with van der Waals surface area (Å²) < 4.78 is 0. The van der Waals surface area contributed by atoms with E-state index in [1.807, 2.05) is 24.3 Å². The maximum atomic E-state index is 12.8. The van der Waals surface area contributed by atoms with Gasteiger partial charge in [0.25, 0.3) is 5.91 Å². The lowest BCUT2D eigenvalue weighted by atomic mass is 9.84. The first-order valence-electron chi connectivity index (χ1n) is 8.45. The zero-order chi connectivity index (χ0) is 18.5. The fraction of sp³-hybridized carbons (Fsp3) is 0. The molecule has 0 fully saturated rings. The van der Waals surface area contributed by atoms with Gasteiger partial charge in [-0.05, 0) is 24.3 Å². The standard InChI is InChI=1S/C22H12N2O3/c25-20-13-5-1-2-6-14(13)21(26)17-11-12(9-10-15(17)20)23-19-16-7-3-4-8-18(16)24-22(19)27/h1-11H,(H,23,24,27). The largest absolute Gasteiger partial charge is 0.320 e. The Morgan fingerprint density at radius 3 is 1.96 bits per heavy atom. The zero-order valence-electron chi connectivity index (χ0n) is 14.0. The molecule has 0 unspecified atom stereocenters. The number of nitrogens with one attached hydrogen (secondary N) is 1. The summed E-state index contributed by atoms with van der Waals surface area (Å²) in [6, 6.07) is 18.9. The molecule has 0 spiro atoms. The van der Waals surface area contributed by atoms with Crippen molar-refractivity contribution in [1.82, 2.24) is 0 Å². The van der Waals surface area contributed by atoms with Crippen molar-refractivity contribution < 1.29 is 14.4 Å². The number of amides is 1. The van der Waals surface area contributed by atoms with Crippen molar-refractivity contribution in [2.45, 2.75) is 0 Å². The Labute approximate surface area is 154 Å². The number of nitrogens with zero attached hydrogens (tertiary/aromatic N) is 1. The molecule has 2 aliphatic rings. The second kappa shape index (κ2) is 5.57. The summed E-state index contributed by atoms with van der Waals surface area (Å²) in [5, 5.41) is 2.77. The molecule has 0 bridgehead atoms. The second-order valence-corrected chi connectivity index (χ2v) is 6.39. The number of hydrogen-bond acceptors (Lipinski definition) is 4. The number of carbonyl (C=O) groups is 3. The SMILES string of the molecule is O=C1Nc2ccccc2C1=Nc1ccc2c(c1)C(=O)c1ccccc1C2=O. The van der Waals surface area contributed by atoms with Gasteiger partial charge in [0.05, 0.1) is 11.4 Å². The van der Waals surface area contributed by atoms with Crippen LogP contribution >= 0.6 is 0 Å². The molecule has 0 atom stereocenters. The smallest absolute Gasteiger partial charge is 0.275 e. The van der Waals surface area contributed by atoms with Crippen molar-refractivity contribution in [2.75, 3.05) is 5.32 Å². The first-order chi connectivity index (χ1) is 13.1. The van der Waals surface area contributed by atoms with Gasteiger partial charge in [-0.15, -0.1) is 0 Å². The Hall–Kier alpha value is -3.86. The minimum atomic E-state index is -0.290. The third-order valence-corrected chi connectivity index (χ3v) is 4.80. The number of carbonyl (C=O) groups excluding carboxylic acids is 3. The van der Waals surface area contributed by atoms with Crippen LogP contribution in [0.15, 0.2) is 71.7 Å². The average molecular weight is 352 g/mol. The normalized spacial score (nSPS) is 16.0. The van der Waals surface area contributed by atoms with Crippen molar-refractivity contribution in [2.24, 2.45) is 4.99 Å². The number of aliphatic imine (C=N–C) groups is 1.